The number of hydrogen-bond acceptors (Lipinski definition) is 4. The Morgan fingerprint density at radius 2 is 2.05 bits per heavy atom. The van der Waals surface area contributed by atoms with Crippen LogP contribution in [0.1, 0.15) is 17.2 Å². The highest BCUT2D eigenvalue weighted by Crippen LogP contribution is 2.19. The zero-order valence-corrected chi connectivity index (χ0v) is 12.3. The molecule has 8 heteroatoms. The Morgan fingerprint density at radius 1 is 1.38 bits per heavy atom. The molecule has 1 aromatic carbocycles. The van der Waals surface area contributed by atoms with E-state index in [0.717, 1.165) is 0 Å². The molecule has 0 spiro atoms. The standard InChI is InChI=1S/C13H15N3O4S/c1-9-5-3-4-6-11(9)21(19,20)15-12(13(17)18)10-7-14-16(2)8-10/h3-8,12,15H,1-2H3,(H,17,18). The monoisotopic (exact) mass is 309 g/mol. The SMILES string of the molecule is Cc1ccccc1S(=O)(=O)NC(C(=O)O)c1cnn(C)c1. The van der Waals surface area contributed by atoms with Gasteiger partial charge < -0.3 is 5.11 Å². The van der Waals surface area contributed by atoms with Crippen molar-refractivity contribution in [2.45, 2.75) is 17.9 Å². The van der Waals surface area contributed by atoms with Crippen molar-refractivity contribution >= 4 is 16.0 Å². The Morgan fingerprint density at radius 3 is 2.57 bits per heavy atom. The third kappa shape index (κ3) is 3.29. The number of hydrogen-bond donors (Lipinski definition) is 2. The van der Waals surface area contributed by atoms with Gasteiger partial charge in [0.25, 0.3) is 0 Å². The molecule has 1 unspecified atom stereocenters. The van der Waals surface area contributed by atoms with Crippen LogP contribution in [0.25, 0.3) is 0 Å². The Kier molecular flexibility index (Phi) is 4.10. The summed E-state index contributed by atoms with van der Waals surface area (Å²) in [4.78, 5) is 11.4. The van der Waals surface area contributed by atoms with E-state index in [-0.39, 0.29) is 10.5 Å². The number of rotatable bonds is 5. The van der Waals surface area contributed by atoms with E-state index in [1.54, 1.807) is 32.2 Å². The van der Waals surface area contributed by atoms with Crippen molar-refractivity contribution in [1.29, 1.82) is 0 Å². The molecule has 1 aromatic heterocycles. The Balaban J connectivity index is 2.37. The van der Waals surface area contributed by atoms with Crippen LogP contribution in [0.5, 0.6) is 0 Å². The van der Waals surface area contributed by atoms with Crippen molar-refractivity contribution in [3.05, 3.63) is 47.8 Å². The van der Waals surface area contributed by atoms with Gasteiger partial charge in [-0.05, 0) is 18.6 Å². The maximum atomic E-state index is 12.3. The van der Waals surface area contributed by atoms with Crippen molar-refractivity contribution in [1.82, 2.24) is 14.5 Å². The van der Waals surface area contributed by atoms with Crippen LogP contribution in [0.15, 0.2) is 41.6 Å². The summed E-state index contributed by atoms with van der Waals surface area (Å²) in [5.41, 5.74) is 0.808. The molecule has 0 aliphatic heterocycles. The molecule has 2 N–H and O–H groups in total. The highest BCUT2D eigenvalue weighted by atomic mass is 32.2. The number of carbonyl (C=O) groups is 1. The molecule has 0 saturated heterocycles. The van der Waals surface area contributed by atoms with Crippen LogP contribution >= 0.6 is 0 Å². The maximum Gasteiger partial charge on any atom is 0.326 e. The number of carboxylic acids is 1. The number of aliphatic carboxylic acids is 1. The number of sulfonamides is 1. The summed E-state index contributed by atoms with van der Waals surface area (Å²) >= 11 is 0. The first kappa shape index (κ1) is 15.2. The summed E-state index contributed by atoms with van der Waals surface area (Å²) in [5.74, 6) is -1.29. The molecule has 112 valence electrons. The molecule has 0 amide bonds. The maximum absolute atomic E-state index is 12.3. The lowest BCUT2D eigenvalue weighted by atomic mass is 10.2. The van der Waals surface area contributed by atoms with E-state index in [1.165, 1.54) is 23.1 Å². The van der Waals surface area contributed by atoms with Gasteiger partial charge in [-0.1, -0.05) is 18.2 Å². The number of aromatic nitrogens is 2. The average Bonchev–Trinajstić information content (AvgIpc) is 2.82. The van der Waals surface area contributed by atoms with Gasteiger partial charge in [0.2, 0.25) is 10.0 Å². The average molecular weight is 309 g/mol. The molecule has 1 atom stereocenters. The van der Waals surface area contributed by atoms with E-state index in [2.05, 4.69) is 9.82 Å². The quantitative estimate of drug-likeness (QED) is 0.852. The third-order valence-electron chi connectivity index (χ3n) is 2.96. The molecular weight excluding hydrogens is 294 g/mol. The minimum Gasteiger partial charge on any atom is -0.480 e. The molecule has 0 aliphatic rings. The number of benzene rings is 1. The van der Waals surface area contributed by atoms with Gasteiger partial charge in [-0.3, -0.25) is 9.48 Å². The van der Waals surface area contributed by atoms with Gasteiger partial charge >= 0.3 is 5.97 Å². The molecule has 21 heavy (non-hydrogen) atoms. The second kappa shape index (κ2) is 5.66. The van der Waals surface area contributed by atoms with E-state index in [0.29, 0.717) is 5.56 Å². The first-order chi connectivity index (χ1) is 9.81. The normalized spacial score (nSPS) is 13.0. The highest BCUT2D eigenvalue weighted by molar-refractivity contribution is 7.89. The van der Waals surface area contributed by atoms with Gasteiger partial charge in [0.05, 0.1) is 11.1 Å². The lowest BCUT2D eigenvalue weighted by molar-refractivity contribution is -0.139. The lowest BCUT2D eigenvalue weighted by Gasteiger charge is -2.14. The van der Waals surface area contributed by atoms with Crippen LogP contribution in [-0.4, -0.2) is 29.3 Å². The van der Waals surface area contributed by atoms with E-state index >= 15 is 0 Å². The highest BCUT2D eigenvalue weighted by Gasteiger charge is 2.28. The number of nitrogens with zero attached hydrogens (tertiary/aromatic N) is 2. The molecule has 2 aromatic rings. The van der Waals surface area contributed by atoms with Crippen LogP contribution in [0, 0.1) is 6.92 Å². The van der Waals surface area contributed by atoms with Crippen LogP contribution in [0.4, 0.5) is 0 Å². The molecule has 7 nitrogen and oxygen atoms in total. The number of nitrogens with one attached hydrogen (secondary N) is 1. The Hall–Kier alpha value is -2.19. The molecule has 0 bridgehead atoms. The van der Waals surface area contributed by atoms with Gasteiger partial charge in [-0.25, -0.2) is 8.42 Å². The predicted molar refractivity (Wildman–Crippen MR) is 75.1 cm³/mol. The van der Waals surface area contributed by atoms with Gasteiger partial charge in [0.15, 0.2) is 0 Å². The molecule has 0 saturated carbocycles. The van der Waals surface area contributed by atoms with Crippen LogP contribution in [0.3, 0.4) is 0 Å². The Bertz CT molecular complexity index is 767. The van der Waals surface area contributed by atoms with Crippen LogP contribution < -0.4 is 4.72 Å². The number of aryl methyl sites for hydroxylation is 2. The minimum atomic E-state index is -3.94. The third-order valence-corrected chi connectivity index (χ3v) is 4.54. The van der Waals surface area contributed by atoms with Crippen molar-refractivity contribution in [3.8, 4) is 0 Å². The largest absolute Gasteiger partial charge is 0.480 e. The summed E-state index contributed by atoms with van der Waals surface area (Å²) in [5, 5.41) is 13.1. The molecule has 0 aliphatic carbocycles. The summed E-state index contributed by atoms with van der Waals surface area (Å²) < 4.78 is 28.3. The van der Waals surface area contributed by atoms with Gasteiger partial charge in [-0.15, -0.1) is 0 Å². The molecule has 0 radical (unpaired) electrons. The first-order valence-electron chi connectivity index (χ1n) is 6.10. The first-order valence-corrected chi connectivity index (χ1v) is 7.59. The molecule has 0 fully saturated rings. The van der Waals surface area contributed by atoms with E-state index in [4.69, 9.17) is 0 Å². The fraction of sp³-hybridized carbons (Fsp3) is 0.231. The van der Waals surface area contributed by atoms with Gasteiger partial charge in [0.1, 0.15) is 6.04 Å². The Labute approximate surface area is 122 Å². The molecule has 2 rings (SSSR count). The second-order valence-corrected chi connectivity index (χ2v) is 6.29. The molecular formula is C13H15N3O4S. The summed E-state index contributed by atoms with van der Waals surface area (Å²) in [6.07, 6.45) is 2.78. The summed E-state index contributed by atoms with van der Waals surface area (Å²) in [6.45, 7) is 1.65. The van der Waals surface area contributed by atoms with E-state index in [1.807, 2.05) is 0 Å². The fourth-order valence-electron chi connectivity index (χ4n) is 1.93. The minimum absolute atomic E-state index is 0.0557. The van der Waals surface area contributed by atoms with Crippen LogP contribution in [-0.2, 0) is 21.9 Å². The fourth-order valence-corrected chi connectivity index (χ4v) is 3.35. The summed E-state index contributed by atoms with van der Waals surface area (Å²) in [6, 6.07) is 4.99. The van der Waals surface area contributed by atoms with Gasteiger partial charge in [-0.2, -0.15) is 9.82 Å². The second-order valence-electron chi connectivity index (χ2n) is 4.61. The zero-order chi connectivity index (χ0) is 15.6. The predicted octanol–water partition coefficient (Wildman–Crippen LogP) is 0.833. The number of carboxylic acid groups (broad SMARTS) is 1. The van der Waals surface area contributed by atoms with E-state index in [9.17, 15) is 18.3 Å². The van der Waals surface area contributed by atoms with Crippen LogP contribution in [0.2, 0.25) is 0 Å². The molecule has 1 heterocycles. The van der Waals surface area contributed by atoms with E-state index < -0.39 is 22.0 Å². The van der Waals surface area contributed by atoms with Crippen molar-refractivity contribution in [3.63, 3.8) is 0 Å². The van der Waals surface area contributed by atoms with Gasteiger partial charge in [0, 0.05) is 18.8 Å². The van der Waals surface area contributed by atoms with Crippen molar-refractivity contribution in [2.24, 2.45) is 7.05 Å². The summed E-state index contributed by atoms with van der Waals surface area (Å²) in [7, 11) is -2.32. The van der Waals surface area contributed by atoms with Crippen molar-refractivity contribution < 1.29 is 18.3 Å². The smallest absolute Gasteiger partial charge is 0.326 e. The van der Waals surface area contributed by atoms with Crippen molar-refractivity contribution in [2.75, 3.05) is 0 Å². The zero-order valence-electron chi connectivity index (χ0n) is 11.5. The topological polar surface area (TPSA) is 101 Å². The lowest BCUT2D eigenvalue weighted by Crippen LogP contribution is -2.34.